The second kappa shape index (κ2) is 4.60. The molecule has 0 saturated carbocycles. The summed E-state index contributed by atoms with van der Waals surface area (Å²) in [5.74, 6) is 1.58. The van der Waals surface area contributed by atoms with Crippen LogP contribution in [0.15, 0.2) is 18.2 Å². The van der Waals surface area contributed by atoms with Gasteiger partial charge >= 0.3 is 0 Å². The van der Waals surface area contributed by atoms with Crippen LogP contribution in [0.3, 0.4) is 0 Å². The molecule has 0 aliphatic carbocycles. The van der Waals surface area contributed by atoms with E-state index < -0.39 is 0 Å². The summed E-state index contributed by atoms with van der Waals surface area (Å²) in [7, 11) is 0. The number of nitrogens with two attached hydrogens (primary N) is 1. The summed E-state index contributed by atoms with van der Waals surface area (Å²) in [6.45, 7) is 8.10. The highest BCUT2D eigenvalue weighted by Crippen LogP contribution is 2.11. The van der Waals surface area contributed by atoms with Gasteiger partial charge in [-0.15, -0.1) is 6.58 Å². The fourth-order valence-corrected chi connectivity index (χ4v) is 0.966. The fraction of sp³-hybridized carbons (Fsp3) is 0.400. The Bertz CT molecular complexity index is 316. The second-order valence-corrected chi connectivity index (χ2v) is 3.23. The summed E-state index contributed by atoms with van der Waals surface area (Å²) < 4.78 is 5.39. The molecule has 0 bridgehead atoms. The molecule has 4 heteroatoms. The van der Waals surface area contributed by atoms with Crippen LogP contribution in [0.25, 0.3) is 0 Å². The van der Waals surface area contributed by atoms with Gasteiger partial charge in [0, 0.05) is 12.5 Å². The van der Waals surface area contributed by atoms with E-state index in [4.69, 9.17) is 10.5 Å². The molecule has 0 atom stereocenters. The van der Waals surface area contributed by atoms with Gasteiger partial charge in [0.2, 0.25) is 5.88 Å². The molecule has 1 aromatic heterocycles. The van der Waals surface area contributed by atoms with Crippen LogP contribution in [0.1, 0.15) is 19.2 Å². The summed E-state index contributed by atoms with van der Waals surface area (Å²) in [4.78, 5) is 8.03. The van der Waals surface area contributed by atoms with Gasteiger partial charge in [-0.25, -0.2) is 4.98 Å². The van der Waals surface area contributed by atoms with E-state index in [1.165, 1.54) is 0 Å². The number of aromatic nitrogens is 2. The largest absolute Gasteiger partial charge is 0.477 e. The standard InChI is InChI=1S/C10H15N3O/c1-7(2)4-5-14-10-6-9(11)12-8(3)13-10/h6H,1,4-5H2,2-3H3,(H2,11,12,13). The Morgan fingerprint density at radius 2 is 2.29 bits per heavy atom. The van der Waals surface area contributed by atoms with E-state index in [1.807, 2.05) is 6.92 Å². The van der Waals surface area contributed by atoms with E-state index in [9.17, 15) is 0 Å². The predicted octanol–water partition coefficient (Wildman–Crippen LogP) is 1.71. The topological polar surface area (TPSA) is 61.0 Å². The van der Waals surface area contributed by atoms with Crippen LogP contribution in [0.4, 0.5) is 5.82 Å². The maximum atomic E-state index is 5.54. The molecule has 1 aromatic rings. The Labute approximate surface area is 83.8 Å². The first-order valence-electron chi connectivity index (χ1n) is 4.46. The first-order valence-corrected chi connectivity index (χ1v) is 4.46. The van der Waals surface area contributed by atoms with Crippen LogP contribution in [0.5, 0.6) is 5.88 Å². The van der Waals surface area contributed by atoms with Gasteiger partial charge in [0.05, 0.1) is 6.61 Å². The third-order valence-corrected chi connectivity index (χ3v) is 1.61. The van der Waals surface area contributed by atoms with Crippen LogP contribution in [0, 0.1) is 6.92 Å². The zero-order valence-corrected chi connectivity index (χ0v) is 8.58. The minimum absolute atomic E-state index is 0.433. The molecule has 1 rings (SSSR count). The van der Waals surface area contributed by atoms with Gasteiger partial charge in [-0.2, -0.15) is 4.98 Å². The average Bonchev–Trinajstić information content (AvgIpc) is 2.01. The molecule has 76 valence electrons. The zero-order valence-electron chi connectivity index (χ0n) is 8.58. The smallest absolute Gasteiger partial charge is 0.218 e. The molecule has 14 heavy (non-hydrogen) atoms. The predicted molar refractivity (Wildman–Crippen MR) is 56.1 cm³/mol. The minimum Gasteiger partial charge on any atom is -0.477 e. The van der Waals surface area contributed by atoms with Crippen LogP contribution in [-0.2, 0) is 0 Å². The minimum atomic E-state index is 0.433. The number of ether oxygens (including phenoxy) is 1. The second-order valence-electron chi connectivity index (χ2n) is 3.23. The molecule has 0 aliphatic heterocycles. The van der Waals surface area contributed by atoms with Gasteiger partial charge in [-0.3, -0.25) is 0 Å². The first kappa shape index (κ1) is 10.5. The van der Waals surface area contributed by atoms with E-state index >= 15 is 0 Å². The van der Waals surface area contributed by atoms with Crippen LogP contribution >= 0.6 is 0 Å². The number of nitrogens with zero attached hydrogens (tertiary/aromatic N) is 2. The van der Waals surface area contributed by atoms with Crippen molar-refractivity contribution in [2.75, 3.05) is 12.3 Å². The molecule has 0 fully saturated rings. The highest BCUT2D eigenvalue weighted by Gasteiger charge is 1.99. The van der Waals surface area contributed by atoms with E-state index in [2.05, 4.69) is 16.5 Å². The average molecular weight is 193 g/mol. The SMILES string of the molecule is C=C(C)CCOc1cc(N)nc(C)n1. The number of nitrogen functional groups attached to an aromatic ring is 1. The van der Waals surface area contributed by atoms with Gasteiger partial charge < -0.3 is 10.5 Å². The Hall–Kier alpha value is -1.58. The van der Waals surface area contributed by atoms with Crippen molar-refractivity contribution in [3.05, 3.63) is 24.0 Å². The Morgan fingerprint density at radius 3 is 2.86 bits per heavy atom. The Morgan fingerprint density at radius 1 is 1.57 bits per heavy atom. The summed E-state index contributed by atoms with van der Waals surface area (Å²) >= 11 is 0. The van der Waals surface area contributed by atoms with Gasteiger partial charge in [0.25, 0.3) is 0 Å². The van der Waals surface area contributed by atoms with Crippen molar-refractivity contribution in [3.8, 4) is 5.88 Å². The van der Waals surface area contributed by atoms with E-state index in [0.717, 1.165) is 12.0 Å². The van der Waals surface area contributed by atoms with Gasteiger partial charge in [0.15, 0.2) is 0 Å². The normalized spacial score (nSPS) is 9.86. The number of aryl methyl sites for hydroxylation is 1. The van der Waals surface area contributed by atoms with Crippen molar-refractivity contribution < 1.29 is 4.74 Å². The third-order valence-electron chi connectivity index (χ3n) is 1.61. The Kier molecular flexibility index (Phi) is 3.45. The number of rotatable bonds is 4. The molecule has 4 nitrogen and oxygen atoms in total. The van der Waals surface area contributed by atoms with Gasteiger partial charge in [-0.05, 0) is 13.8 Å². The molecular formula is C10H15N3O. The molecule has 0 aliphatic rings. The molecule has 0 spiro atoms. The Balaban J connectivity index is 2.54. The summed E-state index contributed by atoms with van der Waals surface area (Å²) in [5, 5.41) is 0. The van der Waals surface area contributed by atoms with Crippen molar-refractivity contribution in [1.82, 2.24) is 9.97 Å². The molecule has 2 N–H and O–H groups in total. The molecule has 0 saturated heterocycles. The molecule has 0 unspecified atom stereocenters. The number of hydrogen-bond acceptors (Lipinski definition) is 4. The highest BCUT2D eigenvalue weighted by atomic mass is 16.5. The lowest BCUT2D eigenvalue weighted by Crippen LogP contribution is -2.03. The van der Waals surface area contributed by atoms with Crippen LogP contribution in [-0.4, -0.2) is 16.6 Å². The molecule has 0 amide bonds. The van der Waals surface area contributed by atoms with Crippen LogP contribution in [0.2, 0.25) is 0 Å². The maximum absolute atomic E-state index is 5.54. The molecule has 0 aromatic carbocycles. The van der Waals surface area contributed by atoms with E-state index in [0.29, 0.717) is 24.1 Å². The summed E-state index contributed by atoms with van der Waals surface area (Å²) in [6, 6.07) is 1.62. The fourth-order valence-electron chi connectivity index (χ4n) is 0.966. The van der Waals surface area contributed by atoms with Crippen molar-refractivity contribution in [2.24, 2.45) is 0 Å². The quantitative estimate of drug-likeness (QED) is 0.739. The molecular weight excluding hydrogens is 178 g/mol. The lowest BCUT2D eigenvalue weighted by Gasteiger charge is -2.05. The summed E-state index contributed by atoms with van der Waals surface area (Å²) in [6.07, 6.45) is 0.822. The van der Waals surface area contributed by atoms with Crippen molar-refractivity contribution >= 4 is 5.82 Å². The number of anilines is 1. The highest BCUT2D eigenvalue weighted by molar-refractivity contribution is 5.32. The van der Waals surface area contributed by atoms with E-state index in [-0.39, 0.29) is 0 Å². The van der Waals surface area contributed by atoms with Gasteiger partial charge in [-0.1, -0.05) is 5.57 Å². The van der Waals surface area contributed by atoms with E-state index in [1.54, 1.807) is 13.0 Å². The number of hydrogen-bond donors (Lipinski definition) is 1. The molecule has 1 heterocycles. The monoisotopic (exact) mass is 193 g/mol. The first-order chi connectivity index (χ1) is 6.58. The third kappa shape index (κ3) is 3.43. The van der Waals surface area contributed by atoms with Gasteiger partial charge in [0.1, 0.15) is 11.6 Å². The van der Waals surface area contributed by atoms with Crippen LogP contribution < -0.4 is 10.5 Å². The lowest BCUT2D eigenvalue weighted by atomic mass is 10.3. The summed E-state index contributed by atoms with van der Waals surface area (Å²) in [5.41, 5.74) is 6.63. The maximum Gasteiger partial charge on any atom is 0.218 e. The zero-order chi connectivity index (χ0) is 10.6. The lowest BCUT2D eigenvalue weighted by molar-refractivity contribution is 0.308. The van der Waals surface area contributed by atoms with Crippen molar-refractivity contribution in [1.29, 1.82) is 0 Å². The van der Waals surface area contributed by atoms with Crippen molar-refractivity contribution in [3.63, 3.8) is 0 Å². The van der Waals surface area contributed by atoms with Crippen molar-refractivity contribution in [2.45, 2.75) is 20.3 Å². The molecule has 0 radical (unpaired) electrons.